The molecule has 0 aromatic heterocycles. The van der Waals surface area contributed by atoms with Crippen molar-refractivity contribution in [1.29, 1.82) is 0 Å². The Morgan fingerprint density at radius 2 is 2.00 bits per heavy atom. The van der Waals surface area contributed by atoms with Crippen LogP contribution in [0.3, 0.4) is 0 Å². The molecule has 3 rings (SSSR count). The SMILES string of the molecule is OC(Cc1c(F)ccc(Br)c1F)C1COc2ccccc21. The number of rotatable bonds is 3. The van der Waals surface area contributed by atoms with Crippen LogP contribution in [0.2, 0.25) is 0 Å². The quantitative estimate of drug-likeness (QED) is 0.849. The molecule has 1 aliphatic rings. The van der Waals surface area contributed by atoms with Gasteiger partial charge in [-0.2, -0.15) is 0 Å². The first-order chi connectivity index (χ1) is 10.1. The van der Waals surface area contributed by atoms with E-state index in [2.05, 4.69) is 15.9 Å². The van der Waals surface area contributed by atoms with Crippen molar-refractivity contribution in [3.63, 3.8) is 0 Å². The zero-order valence-corrected chi connectivity index (χ0v) is 12.6. The maximum absolute atomic E-state index is 14.0. The van der Waals surface area contributed by atoms with Gasteiger partial charge in [-0.25, -0.2) is 8.78 Å². The highest BCUT2D eigenvalue weighted by Crippen LogP contribution is 2.37. The van der Waals surface area contributed by atoms with Gasteiger partial charge in [-0.05, 0) is 34.1 Å². The summed E-state index contributed by atoms with van der Waals surface area (Å²) in [6.45, 7) is 0.317. The summed E-state index contributed by atoms with van der Waals surface area (Å²) in [6, 6.07) is 9.89. The molecule has 0 amide bonds. The number of para-hydroxylation sites is 1. The van der Waals surface area contributed by atoms with Crippen LogP contribution in [-0.4, -0.2) is 17.8 Å². The van der Waals surface area contributed by atoms with E-state index in [9.17, 15) is 13.9 Å². The second kappa shape index (κ2) is 5.73. The van der Waals surface area contributed by atoms with Crippen LogP contribution in [0.4, 0.5) is 8.78 Å². The van der Waals surface area contributed by atoms with Crippen LogP contribution >= 0.6 is 15.9 Å². The van der Waals surface area contributed by atoms with Crippen LogP contribution in [0.5, 0.6) is 5.75 Å². The predicted octanol–water partition coefficient (Wildman–Crippen LogP) is 3.81. The predicted molar refractivity (Wildman–Crippen MR) is 78.4 cm³/mol. The number of aliphatic hydroxyl groups is 1. The van der Waals surface area contributed by atoms with E-state index in [1.165, 1.54) is 12.1 Å². The minimum atomic E-state index is -0.910. The van der Waals surface area contributed by atoms with Crippen LogP contribution in [0.1, 0.15) is 17.0 Å². The number of hydrogen-bond donors (Lipinski definition) is 1. The summed E-state index contributed by atoms with van der Waals surface area (Å²) < 4.78 is 33.4. The number of ether oxygens (including phenoxy) is 1. The molecular formula is C16H13BrF2O2. The number of aliphatic hydroxyl groups excluding tert-OH is 1. The van der Waals surface area contributed by atoms with E-state index >= 15 is 0 Å². The molecule has 1 aliphatic heterocycles. The minimum Gasteiger partial charge on any atom is -0.493 e. The van der Waals surface area contributed by atoms with Crippen molar-refractivity contribution < 1.29 is 18.6 Å². The topological polar surface area (TPSA) is 29.5 Å². The summed E-state index contributed by atoms with van der Waals surface area (Å²) in [5, 5.41) is 10.4. The molecule has 5 heteroatoms. The third kappa shape index (κ3) is 2.68. The molecule has 2 nitrogen and oxygen atoms in total. The number of hydrogen-bond acceptors (Lipinski definition) is 2. The summed E-state index contributed by atoms with van der Waals surface area (Å²) in [5.74, 6) is -0.876. The van der Waals surface area contributed by atoms with Gasteiger partial charge in [-0.3, -0.25) is 0 Å². The average Bonchev–Trinajstić information content (AvgIpc) is 2.91. The molecule has 2 aromatic rings. The van der Waals surface area contributed by atoms with Crippen molar-refractivity contribution in [2.45, 2.75) is 18.4 Å². The zero-order valence-electron chi connectivity index (χ0n) is 11.0. The smallest absolute Gasteiger partial charge is 0.143 e. The Bertz CT molecular complexity index is 675. The van der Waals surface area contributed by atoms with Gasteiger partial charge < -0.3 is 9.84 Å². The molecule has 2 unspecified atom stereocenters. The van der Waals surface area contributed by atoms with Crippen molar-refractivity contribution >= 4 is 15.9 Å². The molecule has 0 saturated carbocycles. The Morgan fingerprint density at radius 1 is 1.24 bits per heavy atom. The van der Waals surface area contributed by atoms with Crippen LogP contribution in [0, 0.1) is 11.6 Å². The minimum absolute atomic E-state index is 0.0978. The molecule has 2 aromatic carbocycles. The lowest BCUT2D eigenvalue weighted by Crippen LogP contribution is -2.23. The number of halogens is 3. The van der Waals surface area contributed by atoms with Crippen LogP contribution in [-0.2, 0) is 6.42 Å². The van der Waals surface area contributed by atoms with Gasteiger partial charge in [0.15, 0.2) is 0 Å². The molecule has 0 spiro atoms. The number of fused-ring (bicyclic) bond motifs is 1. The molecule has 1 N–H and O–H groups in total. The lowest BCUT2D eigenvalue weighted by atomic mass is 9.91. The Labute approximate surface area is 129 Å². The lowest BCUT2D eigenvalue weighted by Gasteiger charge is -2.18. The van der Waals surface area contributed by atoms with Gasteiger partial charge in [0, 0.05) is 23.5 Å². The Kier molecular flexibility index (Phi) is 3.95. The summed E-state index contributed by atoms with van der Waals surface area (Å²) in [6.07, 6.45) is -1.01. The molecule has 0 aliphatic carbocycles. The van der Waals surface area contributed by atoms with Crippen molar-refractivity contribution in [3.05, 3.63) is 63.6 Å². The Morgan fingerprint density at radius 3 is 2.81 bits per heavy atom. The van der Waals surface area contributed by atoms with Crippen LogP contribution in [0.15, 0.2) is 40.9 Å². The molecule has 1 heterocycles. The fourth-order valence-electron chi connectivity index (χ4n) is 2.61. The van der Waals surface area contributed by atoms with E-state index in [0.717, 1.165) is 11.3 Å². The van der Waals surface area contributed by atoms with Crippen molar-refractivity contribution in [3.8, 4) is 5.75 Å². The highest BCUT2D eigenvalue weighted by atomic mass is 79.9. The van der Waals surface area contributed by atoms with Crippen LogP contribution < -0.4 is 4.74 Å². The normalized spacial score (nSPS) is 18.2. The first-order valence-electron chi connectivity index (χ1n) is 6.60. The lowest BCUT2D eigenvalue weighted by molar-refractivity contribution is 0.127. The van der Waals surface area contributed by atoms with Gasteiger partial charge in [0.05, 0.1) is 17.2 Å². The van der Waals surface area contributed by atoms with Gasteiger partial charge in [-0.1, -0.05) is 18.2 Å². The monoisotopic (exact) mass is 354 g/mol. The van der Waals surface area contributed by atoms with Gasteiger partial charge in [0.1, 0.15) is 17.4 Å². The van der Waals surface area contributed by atoms with Crippen molar-refractivity contribution in [2.75, 3.05) is 6.61 Å². The first kappa shape index (κ1) is 14.5. The highest BCUT2D eigenvalue weighted by Gasteiger charge is 2.31. The highest BCUT2D eigenvalue weighted by molar-refractivity contribution is 9.10. The van der Waals surface area contributed by atoms with Crippen molar-refractivity contribution in [2.24, 2.45) is 0 Å². The second-order valence-electron chi connectivity index (χ2n) is 5.05. The summed E-state index contributed by atoms with van der Waals surface area (Å²) >= 11 is 3.03. The maximum atomic E-state index is 14.0. The molecule has 21 heavy (non-hydrogen) atoms. The summed E-state index contributed by atoms with van der Waals surface area (Å²) in [4.78, 5) is 0. The Hall–Kier alpha value is -1.46. The van der Waals surface area contributed by atoms with E-state index in [-0.39, 0.29) is 22.4 Å². The van der Waals surface area contributed by atoms with Crippen LogP contribution in [0.25, 0.3) is 0 Å². The molecular weight excluding hydrogens is 342 g/mol. The summed E-state index contributed by atoms with van der Waals surface area (Å²) in [5.41, 5.74) is 0.766. The van der Waals surface area contributed by atoms with Gasteiger partial charge in [0.25, 0.3) is 0 Å². The fraction of sp³-hybridized carbons (Fsp3) is 0.250. The molecule has 0 saturated heterocycles. The van der Waals surface area contributed by atoms with E-state index in [0.29, 0.717) is 6.61 Å². The molecule has 110 valence electrons. The molecule has 0 fully saturated rings. The van der Waals surface area contributed by atoms with E-state index in [1.807, 2.05) is 24.3 Å². The third-order valence-corrected chi connectivity index (χ3v) is 4.37. The summed E-state index contributed by atoms with van der Waals surface area (Å²) in [7, 11) is 0. The first-order valence-corrected chi connectivity index (χ1v) is 7.39. The van der Waals surface area contributed by atoms with Gasteiger partial charge in [0.2, 0.25) is 0 Å². The van der Waals surface area contributed by atoms with E-state index in [4.69, 9.17) is 4.74 Å². The standard InChI is InChI=1S/C16H13BrF2O2/c17-12-5-6-13(18)10(16(12)19)7-14(20)11-8-21-15-4-2-1-3-9(11)15/h1-6,11,14,20H,7-8H2. The second-order valence-corrected chi connectivity index (χ2v) is 5.90. The van der Waals surface area contributed by atoms with Gasteiger partial charge >= 0.3 is 0 Å². The van der Waals surface area contributed by atoms with E-state index in [1.54, 1.807) is 0 Å². The molecule has 0 radical (unpaired) electrons. The zero-order chi connectivity index (χ0) is 15.0. The van der Waals surface area contributed by atoms with Crippen molar-refractivity contribution in [1.82, 2.24) is 0 Å². The average molecular weight is 355 g/mol. The molecule has 0 bridgehead atoms. The maximum Gasteiger partial charge on any atom is 0.143 e. The largest absolute Gasteiger partial charge is 0.493 e. The van der Waals surface area contributed by atoms with E-state index < -0.39 is 17.7 Å². The number of benzene rings is 2. The van der Waals surface area contributed by atoms with Gasteiger partial charge in [-0.15, -0.1) is 0 Å². The fourth-order valence-corrected chi connectivity index (χ4v) is 2.99. The third-order valence-electron chi connectivity index (χ3n) is 3.75. The Balaban J connectivity index is 1.85. The molecule has 2 atom stereocenters.